The molecule has 0 aliphatic heterocycles. The van der Waals surface area contributed by atoms with E-state index >= 15 is 0 Å². The van der Waals surface area contributed by atoms with Crippen molar-refractivity contribution in [3.8, 4) is 11.5 Å². The average Bonchev–Trinajstić information content (AvgIpc) is 2.95. The van der Waals surface area contributed by atoms with Crippen LogP contribution in [-0.4, -0.2) is 63.7 Å². The molecule has 0 spiro atoms. The Hall–Kier alpha value is -4.41. The van der Waals surface area contributed by atoms with Crippen molar-refractivity contribution in [3.63, 3.8) is 0 Å². The summed E-state index contributed by atoms with van der Waals surface area (Å²) in [6, 6.07) is 16.7. The normalized spacial score (nSPS) is 22.2. The summed E-state index contributed by atoms with van der Waals surface area (Å²) in [4.78, 5) is 66.3. The molecule has 46 heavy (non-hydrogen) atoms. The Morgan fingerprint density at radius 2 is 1.30 bits per heavy atom. The van der Waals surface area contributed by atoms with E-state index in [9.17, 15) is 34.2 Å². The first-order valence-electron chi connectivity index (χ1n) is 16.1. The van der Waals surface area contributed by atoms with Crippen LogP contribution in [0.5, 0.6) is 11.5 Å². The van der Waals surface area contributed by atoms with Gasteiger partial charge in [0.05, 0.1) is 17.8 Å². The fraction of sp³-hybridized carbons (Fsp3) is 0.514. The van der Waals surface area contributed by atoms with Gasteiger partial charge in [0.2, 0.25) is 18.1 Å². The number of rotatable bonds is 15. The molecule has 11 nitrogen and oxygen atoms in total. The van der Waals surface area contributed by atoms with Crippen LogP contribution < -0.4 is 4.74 Å². The van der Waals surface area contributed by atoms with E-state index in [1.807, 2.05) is 49.4 Å². The minimum absolute atomic E-state index is 0.0281. The Morgan fingerprint density at radius 1 is 0.761 bits per heavy atom. The maximum Gasteiger partial charge on any atom is 0.345 e. The second kappa shape index (κ2) is 14.8. The Labute approximate surface area is 267 Å². The first kappa shape index (κ1) is 33.0. The number of hydrogen-bond acceptors (Lipinski definition) is 8. The lowest BCUT2D eigenvalue weighted by molar-refractivity contribution is -0.192. The second-order valence-corrected chi connectivity index (χ2v) is 12.6. The van der Waals surface area contributed by atoms with Crippen LogP contribution in [0.3, 0.4) is 0 Å². The van der Waals surface area contributed by atoms with E-state index in [4.69, 9.17) is 14.2 Å². The molecule has 246 valence electrons. The summed E-state index contributed by atoms with van der Waals surface area (Å²) in [5, 5.41) is 19.4. The number of para-hydroxylation sites is 1. The summed E-state index contributed by atoms with van der Waals surface area (Å²) in [5.41, 5.74) is 0.831. The van der Waals surface area contributed by atoms with Crippen LogP contribution in [0.2, 0.25) is 0 Å². The van der Waals surface area contributed by atoms with Crippen LogP contribution in [0.4, 0.5) is 0 Å². The number of nitrogens with zero attached hydrogens (tertiary/aromatic N) is 1. The van der Waals surface area contributed by atoms with Gasteiger partial charge in [0.15, 0.2) is 0 Å². The smallest absolute Gasteiger partial charge is 0.345 e. The van der Waals surface area contributed by atoms with Gasteiger partial charge in [-0.2, -0.15) is 0 Å². The van der Waals surface area contributed by atoms with Crippen LogP contribution in [-0.2, 0) is 40.0 Å². The van der Waals surface area contributed by atoms with Gasteiger partial charge in [-0.25, -0.2) is 9.59 Å². The largest absolute Gasteiger partial charge is 0.478 e. The molecule has 1 amide bonds. The number of carboxylic acid groups (broad SMARTS) is 2. The van der Waals surface area contributed by atoms with Crippen molar-refractivity contribution >= 4 is 29.8 Å². The van der Waals surface area contributed by atoms with Gasteiger partial charge in [-0.05, 0) is 68.4 Å². The molecule has 0 saturated heterocycles. The van der Waals surface area contributed by atoms with Crippen LogP contribution in [0.1, 0.15) is 63.9 Å². The molecule has 3 aliphatic rings. The molecule has 5 rings (SSSR count). The summed E-state index contributed by atoms with van der Waals surface area (Å²) in [6.07, 6.45) is 2.01. The molecule has 0 heterocycles. The van der Waals surface area contributed by atoms with Crippen LogP contribution in [0, 0.1) is 29.6 Å². The van der Waals surface area contributed by atoms with Crippen molar-refractivity contribution in [2.45, 2.75) is 77.0 Å². The van der Waals surface area contributed by atoms with Crippen molar-refractivity contribution < 1.29 is 48.4 Å². The Balaban J connectivity index is 1.31. The number of amides is 1. The number of carboxylic acids is 2. The third kappa shape index (κ3) is 7.51. The highest BCUT2D eigenvalue weighted by atomic mass is 16.6. The number of aliphatic carboxylic acids is 2. The summed E-state index contributed by atoms with van der Waals surface area (Å²) in [6.45, 7) is 2.55. The van der Waals surface area contributed by atoms with Gasteiger partial charge < -0.3 is 29.3 Å². The van der Waals surface area contributed by atoms with Crippen molar-refractivity contribution in [2.24, 2.45) is 29.6 Å². The lowest BCUT2D eigenvalue weighted by atomic mass is 9.63. The van der Waals surface area contributed by atoms with Crippen molar-refractivity contribution in [1.82, 2.24) is 4.90 Å². The lowest BCUT2D eigenvalue weighted by Crippen LogP contribution is -2.56. The highest BCUT2D eigenvalue weighted by Crippen LogP contribution is 2.45. The van der Waals surface area contributed by atoms with E-state index in [0.717, 1.165) is 18.4 Å². The lowest BCUT2D eigenvalue weighted by Gasteiger charge is -2.44. The zero-order valence-corrected chi connectivity index (χ0v) is 25.9. The molecule has 2 N–H and O–H groups in total. The topological polar surface area (TPSA) is 157 Å². The van der Waals surface area contributed by atoms with Gasteiger partial charge in [0.1, 0.15) is 11.5 Å². The SMILES string of the molecule is CCCN(Cc1ccc(Oc2ccccc2)cc1)C(=O)C1CC(C(=O)OC(C(=O)O)C2CCC2)C1C(=O)OC(C(=O)O)C1CCC1. The minimum atomic E-state index is -1.38. The van der Waals surface area contributed by atoms with Crippen LogP contribution in [0.15, 0.2) is 54.6 Å². The fourth-order valence-electron chi connectivity index (χ4n) is 6.35. The summed E-state index contributed by atoms with van der Waals surface area (Å²) in [5.74, 6) is -7.36. The maximum atomic E-state index is 14.0. The van der Waals surface area contributed by atoms with E-state index in [2.05, 4.69) is 0 Å². The molecule has 2 aromatic rings. The average molecular weight is 636 g/mol. The summed E-state index contributed by atoms with van der Waals surface area (Å²) >= 11 is 0. The molecule has 0 aromatic heterocycles. The van der Waals surface area contributed by atoms with Crippen molar-refractivity contribution in [2.75, 3.05) is 6.54 Å². The first-order valence-corrected chi connectivity index (χ1v) is 16.1. The molecule has 0 bridgehead atoms. The fourth-order valence-corrected chi connectivity index (χ4v) is 6.35. The molecule has 3 fully saturated rings. The highest BCUT2D eigenvalue weighted by molar-refractivity contribution is 5.94. The van der Waals surface area contributed by atoms with Crippen LogP contribution in [0.25, 0.3) is 0 Å². The number of carbonyl (C=O) groups is 5. The van der Waals surface area contributed by atoms with Gasteiger partial charge in [0.25, 0.3) is 0 Å². The molecule has 3 saturated carbocycles. The molecular formula is C35H41NO10. The van der Waals surface area contributed by atoms with Crippen molar-refractivity contribution in [1.29, 1.82) is 0 Å². The third-order valence-corrected chi connectivity index (χ3v) is 9.48. The maximum absolute atomic E-state index is 14.0. The third-order valence-electron chi connectivity index (χ3n) is 9.48. The van der Waals surface area contributed by atoms with Gasteiger partial charge in [-0.3, -0.25) is 14.4 Å². The second-order valence-electron chi connectivity index (χ2n) is 12.6. The van der Waals surface area contributed by atoms with E-state index in [1.165, 1.54) is 0 Å². The minimum Gasteiger partial charge on any atom is -0.478 e. The highest BCUT2D eigenvalue weighted by Gasteiger charge is 2.57. The predicted molar refractivity (Wildman–Crippen MR) is 163 cm³/mol. The van der Waals surface area contributed by atoms with Crippen LogP contribution >= 0.6 is 0 Å². The quantitative estimate of drug-likeness (QED) is 0.254. The molecule has 5 unspecified atom stereocenters. The van der Waals surface area contributed by atoms with Gasteiger partial charge in [-0.1, -0.05) is 50.1 Å². The number of carbonyl (C=O) groups excluding carboxylic acids is 3. The molecule has 3 aliphatic carbocycles. The van der Waals surface area contributed by atoms with E-state index in [-0.39, 0.29) is 30.7 Å². The molecule has 0 radical (unpaired) electrons. The predicted octanol–water partition coefficient (Wildman–Crippen LogP) is 5.06. The molecule has 11 heteroatoms. The molecule has 2 aromatic carbocycles. The van der Waals surface area contributed by atoms with E-state index in [0.29, 0.717) is 50.1 Å². The van der Waals surface area contributed by atoms with Gasteiger partial charge in [0, 0.05) is 24.9 Å². The number of ether oxygens (including phenoxy) is 3. The first-order chi connectivity index (χ1) is 22.2. The standard InChI is InChI=1S/C35H41NO10/c1-2-18-36(20-21-14-16-25(17-15-21)44-24-12-4-3-5-13-24)31(37)26-19-27(34(42)45-29(32(38)39)22-8-6-9-22)28(26)35(43)46-30(33(40)41)23-10-7-11-23/h3-5,12-17,22-23,26-30H,2,6-11,18-20H2,1H3,(H,38,39)(H,40,41). The number of benzene rings is 2. The summed E-state index contributed by atoms with van der Waals surface area (Å²) < 4.78 is 16.8. The Morgan fingerprint density at radius 3 is 1.80 bits per heavy atom. The van der Waals surface area contributed by atoms with Gasteiger partial charge in [-0.15, -0.1) is 0 Å². The zero-order chi connectivity index (χ0) is 32.8. The summed E-state index contributed by atoms with van der Waals surface area (Å²) in [7, 11) is 0. The monoisotopic (exact) mass is 635 g/mol. The van der Waals surface area contributed by atoms with Crippen molar-refractivity contribution in [3.05, 3.63) is 60.2 Å². The molecular weight excluding hydrogens is 594 g/mol. The Kier molecular flexibility index (Phi) is 10.6. The Bertz CT molecular complexity index is 1400. The zero-order valence-electron chi connectivity index (χ0n) is 25.9. The van der Waals surface area contributed by atoms with Gasteiger partial charge >= 0.3 is 23.9 Å². The van der Waals surface area contributed by atoms with E-state index in [1.54, 1.807) is 17.0 Å². The number of esters is 2. The van der Waals surface area contributed by atoms with E-state index < -0.39 is 53.8 Å². The number of hydrogen-bond donors (Lipinski definition) is 2. The molecule has 5 atom stereocenters.